The SMILES string of the molecule is CCNCC(c1cc(C)c(OC)cc1C)N(C)C. The van der Waals surface area contributed by atoms with E-state index in [9.17, 15) is 0 Å². The summed E-state index contributed by atoms with van der Waals surface area (Å²) in [5, 5.41) is 3.43. The van der Waals surface area contributed by atoms with E-state index in [1.54, 1.807) is 7.11 Å². The topological polar surface area (TPSA) is 24.5 Å². The number of nitrogens with one attached hydrogen (secondary N) is 1. The Morgan fingerprint density at radius 1 is 1.22 bits per heavy atom. The van der Waals surface area contributed by atoms with E-state index in [-0.39, 0.29) is 0 Å². The number of hydrogen-bond donors (Lipinski definition) is 1. The van der Waals surface area contributed by atoms with E-state index < -0.39 is 0 Å². The summed E-state index contributed by atoms with van der Waals surface area (Å²) in [5.41, 5.74) is 3.86. The van der Waals surface area contributed by atoms with E-state index in [0.717, 1.165) is 18.8 Å². The third-order valence-corrected chi connectivity index (χ3v) is 3.35. The molecule has 3 heteroatoms. The maximum atomic E-state index is 5.37. The summed E-state index contributed by atoms with van der Waals surface area (Å²) in [4.78, 5) is 2.26. The van der Waals surface area contributed by atoms with Gasteiger partial charge in [0.05, 0.1) is 7.11 Å². The number of hydrogen-bond acceptors (Lipinski definition) is 3. The lowest BCUT2D eigenvalue weighted by molar-refractivity contribution is 0.289. The summed E-state index contributed by atoms with van der Waals surface area (Å²) in [5.74, 6) is 0.970. The lowest BCUT2D eigenvalue weighted by Gasteiger charge is -2.27. The summed E-state index contributed by atoms with van der Waals surface area (Å²) in [6.07, 6.45) is 0. The minimum Gasteiger partial charge on any atom is -0.496 e. The number of benzene rings is 1. The maximum Gasteiger partial charge on any atom is 0.122 e. The Labute approximate surface area is 111 Å². The van der Waals surface area contributed by atoms with Crippen LogP contribution in [0.1, 0.15) is 29.7 Å². The fourth-order valence-corrected chi connectivity index (χ4v) is 2.24. The quantitative estimate of drug-likeness (QED) is 0.839. The number of aryl methyl sites for hydroxylation is 2. The monoisotopic (exact) mass is 250 g/mol. The zero-order chi connectivity index (χ0) is 13.7. The molecule has 0 amide bonds. The molecule has 1 rings (SSSR count). The molecule has 3 nitrogen and oxygen atoms in total. The highest BCUT2D eigenvalue weighted by molar-refractivity contribution is 5.43. The van der Waals surface area contributed by atoms with Gasteiger partial charge in [0.1, 0.15) is 5.75 Å². The van der Waals surface area contributed by atoms with Crippen molar-refractivity contribution in [2.75, 3.05) is 34.3 Å². The zero-order valence-electron chi connectivity index (χ0n) is 12.5. The average molecular weight is 250 g/mol. The Morgan fingerprint density at radius 3 is 2.39 bits per heavy atom. The molecule has 1 unspecified atom stereocenters. The highest BCUT2D eigenvalue weighted by Crippen LogP contribution is 2.28. The summed E-state index contributed by atoms with van der Waals surface area (Å²) in [6, 6.07) is 4.78. The van der Waals surface area contributed by atoms with Crippen LogP contribution in [0.4, 0.5) is 0 Å². The van der Waals surface area contributed by atoms with E-state index in [2.05, 4.69) is 57.2 Å². The molecule has 0 saturated heterocycles. The second-order valence-corrected chi connectivity index (χ2v) is 4.97. The molecule has 1 aromatic rings. The minimum absolute atomic E-state index is 0.398. The Bertz CT molecular complexity index is 388. The maximum absolute atomic E-state index is 5.37. The smallest absolute Gasteiger partial charge is 0.122 e. The second-order valence-electron chi connectivity index (χ2n) is 4.97. The van der Waals surface area contributed by atoms with Crippen LogP contribution in [-0.2, 0) is 0 Å². The highest BCUT2D eigenvalue weighted by atomic mass is 16.5. The van der Waals surface area contributed by atoms with Gasteiger partial charge in [-0.2, -0.15) is 0 Å². The normalized spacial score (nSPS) is 12.8. The molecule has 0 heterocycles. The Balaban J connectivity index is 3.08. The number of nitrogens with zero attached hydrogens (tertiary/aromatic N) is 1. The molecule has 18 heavy (non-hydrogen) atoms. The van der Waals surface area contributed by atoms with Gasteiger partial charge in [0.15, 0.2) is 0 Å². The molecule has 0 aliphatic rings. The molecule has 1 N–H and O–H groups in total. The fraction of sp³-hybridized carbons (Fsp3) is 0.600. The van der Waals surface area contributed by atoms with Crippen molar-refractivity contribution < 1.29 is 4.74 Å². The number of methoxy groups -OCH3 is 1. The molecule has 0 fully saturated rings. The van der Waals surface area contributed by atoms with E-state index in [1.165, 1.54) is 16.7 Å². The first-order valence-electron chi connectivity index (χ1n) is 6.53. The van der Waals surface area contributed by atoms with Gasteiger partial charge in [0.25, 0.3) is 0 Å². The van der Waals surface area contributed by atoms with Crippen molar-refractivity contribution in [3.63, 3.8) is 0 Å². The molecule has 0 saturated carbocycles. The Morgan fingerprint density at radius 2 is 1.89 bits per heavy atom. The first-order chi connectivity index (χ1) is 8.51. The van der Waals surface area contributed by atoms with Gasteiger partial charge in [-0.25, -0.2) is 0 Å². The minimum atomic E-state index is 0.398. The number of ether oxygens (including phenoxy) is 1. The summed E-state index contributed by atoms with van der Waals surface area (Å²) in [7, 11) is 5.98. The van der Waals surface area contributed by atoms with Crippen LogP contribution in [0.2, 0.25) is 0 Å². The molecular formula is C15H26N2O. The van der Waals surface area contributed by atoms with Crippen LogP contribution in [-0.4, -0.2) is 39.2 Å². The molecule has 1 aromatic carbocycles. The van der Waals surface area contributed by atoms with Crippen LogP contribution in [0.25, 0.3) is 0 Å². The summed E-state index contributed by atoms with van der Waals surface area (Å²) < 4.78 is 5.37. The summed E-state index contributed by atoms with van der Waals surface area (Å²) in [6.45, 7) is 8.36. The van der Waals surface area contributed by atoms with Crippen molar-refractivity contribution in [1.29, 1.82) is 0 Å². The molecule has 1 atom stereocenters. The molecule has 102 valence electrons. The molecule has 0 spiro atoms. The van der Waals surface area contributed by atoms with Crippen molar-refractivity contribution in [3.05, 3.63) is 28.8 Å². The van der Waals surface area contributed by atoms with E-state index in [1.807, 2.05) is 0 Å². The van der Waals surface area contributed by atoms with Crippen LogP contribution in [0.5, 0.6) is 5.75 Å². The van der Waals surface area contributed by atoms with Crippen LogP contribution < -0.4 is 10.1 Å². The van der Waals surface area contributed by atoms with E-state index in [4.69, 9.17) is 4.74 Å². The van der Waals surface area contributed by atoms with Crippen LogP contribution in [0, 0.1) is 13.8 Å². The van der Waals surface area contributed by atoms with Gasteiger partial charge in [0.2, 0.25) is 0 Å². The van der Waals surface area contributed by atoms with Gasteiger partial charge in [-0.3, -0.25) is 0 Å². The van der Waals surface area contributed by atoms with Crippen LogP contribution in [0.3, 0.4) is 0 Å². The third-order valence-electron chi connectivity index (χ3n) is 3.35. The molecule has 0 aliphatic heterocycles. The third kappa shape index (κ3) is 3.47. The van der Waals surface area contributed by atoms with Crippen molar-refractivity contribution >= 4 is 0 Å². The number of likely N-dealkylation sites (N-methyl/N-ethyl adjacent to an activating group) is 2. The van der Waals surface area contributed by atoms with Crippen molar-refractivity contribution in [2.45, 2.75) is 26.8 Å². The highest BCUT2D eigenvalue weighted by Gasteiger charge is 2.17. The number of rotatable bonds is 6. The second kappa shape index (κ2) is 6.76. The van der Waals surface area contributed by atoms with Crippen molar-refractivity contribution in [1.82, 2.24) is 10.2 Å². The van der Waals surface area contributed by atoms with E-state index >= 15 is 0 Å². The molecule has 0 aliphatic carbocycles. The van der Waals surface area contributed by atoms with E-state index in [0.29, 0.717) is 6.04 Å². The van der Waals surface area contributed by atoms with Gasteiger partial charge in [-0.05, 0) is 57.2 Å². The Hall–Kier alpha value is -1.06. The average Bonchev–Trinajstić information content (AvgIpc) is 2.32. The van der Waals surface area contributed by atoms with Crippen LogP contribution >= 0.6 is 0 Å². The lowest BCUT2D eigenvalue weighted by atomic mass is 9.97. The summed E-state index contributed by atoms with van der Waals surface area (Å²) >= 11 is 0. The standard InChI is InChI=1S/C15H26N2O/c1-7-16-10-14(17(4)5)13-8-12(3)15(18-6)9-11(13)2/h8-9,14,16H,7,10H2,1-6H3. The van der Waals surface area contributed by atoms with Gasteiger partial charge < -0.3 is 15.0 Å². The van der Waals surface area contributed by atoms with Gasteiger partial charge in [0, 0.05) is 12.6 Å². The first kappa shape index (κ1) is 15.0. The first-order valence-corrected chi connectivity index (χ1v) is 6.53. The van der Waals surface area contributed by atoms with Gasteiger partial charge >= 0.3 is 0 Å². The molecule has 0 aromatic heterocycles. The largest absolute Gasteiger partial charge is 0.496 e. The molecular weight excluding hydrogens is 224 g/mol. The van der Waals surface area contributed by atoms with Crippen molar-refractivity contribution in [3.8, 4) is 5.75 Å². The zero-order valence-corrected chi connectivity index (χ0v) is 12.5. The lowest BCUT2D eigenvalue weighted by Crippen LogP contribution is -2.31. The Kier molecular flexibility index (Phi) is 5.63. The molecule has 0 radical (unpaired) electrons. The fourth-order valence-electron chi connectivity index (χ4n) is 2.24. The molecule has 0 bridgehead atoms. The predicted molar refractivity (Wildman–Crippen MR) is 77.4 cm³/mol. The predicted octanol–water partition coefficient (Wildman–Crippen LogP) is 2.52. The van der Waals surface area contributed by atoms with Crippen LogP contribution in [0.15, 0.2) is 12.1 Å². The van der Waals surface area contributed by atoms with Gasteiger partial charge in [-0.1, -0.05) is 13.0 Å². The van der Waals surface area contributed by atoms with Crippen molar-refractivity contribution in [2.24, 2.45) is 0 Å². The van der Waals surface area contributed by atoms with Gasteiger partial charge in [-0.15, -0.1) is 0 Å².